The molecule has 0 amide bonds. The van der Waals surface area contributed by atoms with E-state index in [9.17, 15) is 4.79 Å². The average Bonchev–Trinajstić information content (AvgIpc) is 2.32. The van der Waals surface area contributed by atoms with Gasteiger partial charge in [0.15, 0.2) is 0 Å². The van der Waals surface area contributed by atoms with Crippen LogP contribution in [0.1, 0.15) is 21.6 Å². The van der Waals surface area contributed by atoms with Crippen molar-refractivity contribution < 1.29 is 4.79 Å². The van der Waals surface area contributed by atoms with Crippen molar-refractivity contribution in [2.24, 2.45) is 0 Å². The molecular formula is C13H10ClNO. The van der Waals surface area contributed by atoms with Gasteiger partial charge in [0.25, 0.3) is 0 Å². The summed E-state index contributed by atoms with van der Waals surface area (Å²) in [5.74, 6) is -0.0967. The lowest BCUT2D eigenvalue weighted by Crippen LogP contribution is -2.05. The van der Waals surface area contributed by atoms with Crippen LogP contribution in [-0.2, 0) is 0 Å². The maximum Gasteiger partial charge on any atom is 0.211 e. The Balaban J connectivity index is 2.46. The number of ketones is 1. The number of hydrogen-bond donors (Lipinski definition) is 0. The third-order valence-electron chi connectivity index (χ3n) is 2.34. The third kappa shape index (κ3) is 2.12. The van der Waals surface area contributed by atoms with Gasteiger partial charge < -0.3 is 0 Å². The predicted octanol–water partition coefficient (Wildman–Crippen LogP) is 3.27. The standard InChI is InChI=1S/C13H10ClNO/c1-9-5-6-10(14)8-11(9)13(16)12-4-2-3-7-15-12/h2-8H,1H3. The number of carbonyl (C=O) groups is 1. The Kier molecular flexibility index (Phi) is 3.02. The van der Waals surface area contributed by atoms with Gasteiger partial charge in [-0.05, 0) is 36.8 Å². The molecule has 0 saturated heterocycles. The normalized spacial score (nSPS) is 10.1. The molecule has 0 atom stereocenters. The summed E-state index contributed by atoms with van der Waals surface area (Å²) in [4.78, 5) is 16.1. The molecule has 0 N–H and O–H groups in total. The van der Waals surface area contributed by atoms with E-state index in [1.54, 1.807) is 36.5 Å². The third-order valence-corrected chi connectivity index (χ3v) is 2.58. The number of aromatic nitrogens is 1. The molecule has 0 aliphatic heterocycles. The van der Waals surface area contributed by atoms with Crippen LogP contribution in [0.3, 0.4) is 0 Å². The molecule has 16 heavy (non-hydrogen) atoms. The highest BCUT2D eigenvalue weighted by Gasteiger charge is 2.12. The second-order valence-electron chi connectivity index (χ2n) is 3.50. The number of benzene rings is 1. The van der Waals surface area contributed by atoms with E-state index < -0.39 is 0 Å². The lowest BCUT2D eigenvalue weighted by molar-refractivity contribution is 0.103. The van der Waals surface area contributed by atoms with E-state index in [2.05, 4.69) is 4.98 Å². The van der Waals surface area contributed by atoms with Gasteiger partial charge in [-0.1, -0.05) is 23.7 Å². The summed E-state index contributed by atoms with van der Waals surface area (Å²) in [5, 5.41) is 0.560. The van der Waals surface area contributed by atoms with Crippen LogP contribution in [0.15, 0.2) is 42.6 Å². The zero-order valence-corrected chi connectivity index (χ0v) is 9.53. The predicted molar refractivity (Wildman–Crippen MR) is 63.9 cm³/mol. The summed E-state index contributed by atoms with van der Waals surface area (Å²) < 4.78 is 0. The zero-order chi connectivity index (χ0) is 11.5. The molecule has 0 aliphatic rings. The SMILES string of the molecule is Cc1ccc(Cl)cc1C(=O)c1ccccn1. The molecule has 2 nitrogen and oxygen atoms in total. The van der Waals surface area contributed by atoms with Gasteiger partial charge in [-0.25, -0.2) is 0 Å². The van der Waals surface area contributed by atoms with Crippen molar-refractivity contribution in [3.8, 4) is 0 Å². The first-order valence-electron chi connectivity index (χ1n) is 4.90. The fraction of sp³-hybridized carbons (Fsp3) is 0.0769. The highest BCUT2D eigenvalue weighted by molar-refractivity contribution is 6.31. The Morgan fingerprint density at radius 2 is 2.06 bits per heavy atom. The van der Waals surface area contributed by atoms with Crippen LogP contribution in [0.2, 0.25) is 5.02 Å². The van der Waals surface area contributed by atoms with E-state index >= 15 is 0 Å². The minimum absolute atomic E-state index is 0.0967. The Morgan fingerprint density at radius 1 is 1.25 bits per heavy atom. The highest BCUT2D eigenvalue weighted by atomic mass is 35.5. The van der Waals surface area contributed by atoms with E-state index in [1.165, 1.54) is 0 Å². The molecule has 0 radical (unpaired) electrons. The van der Waals surface area contributed by atoms with Crippen LogP contribution in [0, 0.1) is 6.92 Å². The Hall–Kier alpha value is -1.67. The number of hydrogen-bond acceptors (Lipinski definition) is 2. The number of rotatable bonds is 2. The van der Waals surface area contributed by atoms with E-state index in [-0.39, 0.29) is 5.78 Å². The highest BCUT2D eigenvalue weighted by Crippen LogP contribution is 2.18. The maximum atomic E-state index is 12.1. The van der Waals surface area contributed by atoms with Crippen molar-refractivity contribution in [1.29, 1.82) is 0 Å². The monoisotopic (exact) mass is 231 g/mol. The van der Waals surface area contributed by atoms with Crippen molar-refractivity contribution in [2.45, 2.75) is 6.92 Å². The molecule has 0 aliphatic carbocycles. The van der Waals surface area contributed by atoms with E-state index in [4.69, 9.17) is 11.6 Å². The van der Waals surface area contributed by atoms with E-state index in [0.29, 0.717) is 16.3 Å². The quantitative estimate of drug-likeness (QED) is 0.743. The van der Waals surface area contributed by atoms with Crippen molar-refractivity contribution in [1.82, 2.24) is 4.98 Å². The van der Waals surface area contributed by atoms with Gasteiger partial charge in [-0.3, -0.25) is 9.78 Å². The molecule has 0 bridgehead atoms. The molecule has 0 unspecified atom stereocenters. The molecular weight excluding hydrogens is 222 g/mol. The maximum absolute atomic E-state index is 12.1. The van der Waals surface area contributed by atoms with Crippen molar-refractivity contribution in [2.75, 3.05) is 0 Å². The zero-order valence-electron chi connectivity index (χ0n) is 8.77. The van der Waals surface area contributed by atoms with E-state index in [0.717, 1.165) is 5.56 Å². The summed E-state index contributed by atoms with van der Waals surface area (Å²) in [5.41, 5.74) is 1.94. The second-order valence-corrected chi connectivity index (χ2v) is 3.94. The average molecular weight is 232 g/mol. The van der Waals surface area contributed by atoms with Crippen LogP contribution < -0.4 is 0 Å². The molecule has 1 heterocycles. The first-order chi connectivity index (χ1) is 7.68. The lowest BCUT2D eigenvalue weighted by atomic mass is 10.0. The lowest BCUT2D eigenvalue weighted by Gasteiger charge is -2.04. The van der Waals surface area contributed by atoms with Gasteiger partial charge in [0.2, 0.25) is 5.78 Å². The summed E-state index contributed by atoms with van der Waals surface area (Å²) in [6.45, 7) is 1.88. The number of nitrogens with zero attached hydrogens (tertiary/aromatic N) is 1. The molecule has 3 heteroatoms. The summed E-state index contributed by atoms with van der Waals surface area (Å²) >= 11 is 5.88. The number of carbonyl (C=O) groups excluding carboxylic acids is 1. The van der Waals surface area contributed by atoms with Gasteiger partial charge in [0.1, 0.15) is 5.69 Å². The largest absolute Gasteiger partial charge is 0.287 e. The smallest absolute Gasteiger partial charge is 0.211 e. The summed E-state index contributed by atoms with van der Waals surface area (Å²) in [6.07, 6.45) is 1.60. The topological polar surface area (TPSA) is 30.0 Å². The van der Waals surface area contributed by atoms with Crippen LogP contribution in [0.5, 0.6) is 0 Å². The molecule has 1 aromatic carbocycles. The van der Waals surface area contributed by atoms with Gasteiger partial charge in [-0.15, -0.1) is 0 Å². The van der Waals surface area contributed by atoms with Crippen molar-refractivity contribution >= 4 is 17.4 Å². The summed E-state index contributed by atoms with van der Waals surface area (Å²) in [6, 6.07) is 10.5. The Morgan fingerprint density at radius 3 is 2.75 bits per heavy atom. The van der Waals surface area contributed by atoms with E-state index in [1.807, 2.05) is 13.0 Å². The summed E-state index contributed by atoms with van der Waals surface area (Å²) in [7, 11) is 0. The minimum atomic E-state index is -0.0967. The van der Waals surface area contributed by atoms with Crippen molar-refractivity contribution in [3.05, 3.63) is 64.4 Å². The molecule has 2 rings (SSSR count). The Labute approximate surface area is 98.9 Å². The molecule has 1 aromatic heterocycles. The van der Waals surface area contributed by atoms with Crippen LogP contribution in [0.4, 0.5) is 0 Å². The van der Waals surface area contributed by atoms with Crippen LogP contribution >= 0.6 is 11.6 Å². The molecule has 2 aromatic rings. The first kappa shape index (κ1) is 10.8. The minimum Gasteiger partial charge on any atom is -0.287 e. The fourth-order valence-electron chi connectivity index (χ4n) is 1.47. The van der Waals surface area contributed by atoms with Gasteiger partial charge >= 0.3 is 0 Å². The number of pyridine rings is 1. The molecule has 0 spiro atoms. The van der Waals surface area contributed by atoms with Crippen LogP contribution in [0.25, 0.3) is 0 Å². The van der Waals surface area contributed by atoms with Gasteiger partial charge in [-0.2, -0.15) is 0 Å². The molecule has 0 fully saturated rings. The van der Waals surface area contributed by atoms with Crippen LogP contribution in [-0.4, -0.2) is 10.8 Å². The number of aryl methyl sites for hydroxylation is 1. The van der Waals surface area contributed by atoms with Crippen molar-refractivity contribution in [3.63, 3.8) is 0 Å². The molecule has 0 saturated carbocycles. The number of halogens is 1. The van der Waals surface area contributed by atoms with Gasteiger partial charge in [0, 0.05) is 16.8 Å². The van der Waals surface area contributed by atoms with Gasteiger partial charge in [0.05, 0.1) is 0 Å². The first-order valence-corrected chi connectivity index (χ1v) is 5.28. The fourth-order valence-corrected chi connectivity index (χ4v) is 1.65. The Bertz CT molecular complexity index is 523. The second kappa shape index (κ2) is 4.45. The molecule has 80 valence electrons.